The lowest BCUT2D eigenvalue weighted by Gasteiger charge is -2.04. The second-order valence-electron chi connectivity index (χ2n) is 5.00. The average Bonchev–Trinajstić information content (AvgIpc) is 3.10. The van der Waals surface area contributed by atoms with Crippen molar-refractivity contribution in [3.05, 3.63) is 66.4 Å². The van der Waals surface area contributed by atoms with E-state index in [-0.39, 0.29) is 11.7 Å². The maximum atomic E-state index is 12.0. The van der Waals surface area contributed by atoms with Crippen molar-refractivity contribution in [2.24, 2.45) is 0 Å². The van der Waals surface area contributed by atoms with Gasteiger partial charge in [-0.3, -0.25) is 4.79 Å². The first kappa shape index (κ1) is 15.8. The van der Waals surface area contributed by atoms with E-state index in [0.29, 0.717) is 16.4 Å². The molecule has 0 aliphatic rings. The molecule has 1 amide bonds. The van der Waals surface area contributed by atoms with Gasteiger partial charge in [0, 0.05) is 5.69 Å². The van der Waals surface area contributed by atoms with E-state index >= 15 is 0 Å². The first-order chi connectivity index (χ1) is 11.7. The third kappa shape index (κ3) is 4.03. The molecule has 0 saturated carbocycles. The lowest BCUT2D eigenvalue weighted by atomic mass is 10.2. The number of carbonyl (C=O) groups excluding carboxylic acids is 1. The van der Waals surface area contributed by atoms with Crippen LogP contribution in [0, 0.1) is 11.3 Å². The van der Waals surface area contributed by atoms with Gasteiger partial charge in [-0.25, -0.2) is 4.98 Å². The summed E-state index contributed by atoms with van der Waals surface area (Å²) in [5.74, 6) is 0.0890. The minimum atomic E-state index is -0.146. The molecule has 118 valence electrons. The van der Waals surface area contributed by atoms with Crippen LogP contribution in [0.1, 0.15) is 5.56 Å². The fourth-order valence-corrected chi connectivity index (χ4v) is 2.79. The number of aromatic amines is 1. The molecule has 0 bridgehead atoms. The topological polar surface area (TPSA) is 81.6 Å². The van der Waals surface area contributed by atoms with Crippen molar-refractivity contribution >= 4 is 23.4 Å². The Hall–Kier alpha value is -3.04. The van der Waals surface area contributed by atoms with Gasteiger partial charge in [0.1, 0.15) is 0 Å². The number of nitrogens with one attached hydrogen (secondary N) is 2. The van der Waals surface area contributed by atoms with Crippen LogP contribution in [0.2, 0.25) is 0 Å². The Labute approximate surface area is 143 Å². The summed E-state index contributed by atoms with van der Waals surface area (Å²) in [6.07, 6.45) is 1.76. The second-order valence-corrected chi connectivity index (χ2v) is 5.96. The van der Waals surface area contributed by atoms with E-state index in [9.17, 15) is 4.79 Å². The average molecular weight is 334 g/mol. The van der Waals surface area contributed by atoms with Crippen LogP contribution in [-0.2, 0) is 4.79 Å². The van der Waals surface area contributed by atoms with E-state index in [1.165, 1.54) is 11.8 Å². The van der Waals surface area contributed by atoms with Crippen molar-refractivity contribution < 1.29 is 4.79 Å². The highest BCUT2D eigenvalue weighted by atomic mass is 32.2. The van der Waals surface area contributed by atoms with Gasteiger partial charge in [0.2, 0.25) is 5.91 Å². The van der Waals surface area contributed by atoms with Crippen LogP contribution in [0.5, 0.6) is 0 Å². The van der Waals surface area contributed by atoms with Gasteiger partial charge >= 0.3 is 0 Å². The monoisotopic (exact) mass is 334 g/mol. The van der Waals surface area contributed by atoms with Crippen LogP contribution in [0.4, 0.5) is 5.69 Å². The van der Waals surface area contributed by atoms with Crippen LogP contribution in [0.3, 0.4) is 0 Å². The maximum absolute atomic E-state index is 12.0. The van der Waals surface area contributed by atoms with Crippen molar-refractivity contribution in [3.8, 4) is 17.3 Å². The molecule has 2 N–H and O–H groups in total. The second kappa shape index (κ2) is 7.49. The van der Waals surface area contributed by atoms with Crippen molar-refractivity contribution in [2.75, 3.05) is 11.1 Å². The summed E-state index contributed by atoms with van der Waals surface area (Å²) in [5.41, 5.74) is 3.10. The first-order valence-corrected chi connectivity index (χ1v) is 8.26. The molecule has 0 aliphatic heterocycles. The van der Waals surface area contributed by atoms with Crippen molar-refractivity contribution in [3.63, 3.8) is 0 Å². The molecule has 0 fully saturated rings. The van der Waals surface area contributed by atoms with E-state index in [1.807, 2.05) is 36.4 Å². The zero-order valence-electron chi connectivity index (χ0n) is 12.7. The molecule has 2 aromatic carbocycles. The summed E-state index contributed by atoms with van der Waals surface area (Å²) >= 11 is 1.33. The van der Waals surface area contributed by atoms with E-state index in [4.69, 9.17) is 5.26 Å². The highest BCUT2D eigenvalue weighted by Gasteiger charge is 2.08. The van der Waals surface area contributed by atoms with Gasteiger partial charge in [-0.1, -0.05) is 48.2 Å². The van der Waals surface area contributed by atoms with Crippen molar-refractivity contribution in [2.45, 2.75) is 5.16 Å². The molecule has 5 nitrogen and oxygen atoms in total. The Morgan fingerprint density at radius 2 is 2.04 bits per heavy atom. The van der Waals surface area contributed by atoms with Gasteiger partial charge in [0.15, 0.2) is 5.16 Å². The molecule has 0 unspecified atom stereocenters. The van der Waals surface area contributed by atoms with Gasteiger partial charge in [0.25, 0.3) is 0 Å². The number of imidazole rings is 1. The fourth-order valence-electron chi connectivity index (χ4n) is 2.14. The third-order valence-electron chi connectivity index (χ3n) is 3.25. The van der Waals surface area contributed by atoms with E-state index in [0.717, 1.165) is 11.3 Å². The number of anilines is 1. The minimum Gasteiger partial charge on any atom is -0.333 e. The number of nitrogens with zero attached hydrogens (tertiary/aromatic N) is 2. The Morgan fingerprint density at radius 3 is 2.83 bits per heavy atom. The maximum Gasteiger partial charge on any atom is 0.234 e. The summed E-state index contributed by atoms with van der Waals surface area (Å²) in [6.45, 7) is 0. The van der Waals surface area contributed by atoms with Gasteiger partial charge in [0.05, 0.1) is 29.3 Å². The number of H-pyrrole nitrogens is 1. The zero-order valence-corrected chi connectivity index (χ0v) is 13.5. The summed E-state index contributed by atoms with van der Waals surface area (Å²) in [5, 5.41) is 12.3. The van der Waals surface area contributed by atoms with Gasteiger partial charge in [-0.15, -0.1) is 0 Å². The van der Waals surface area contributed by atoms with Crippen molar-refractivity contribution in [1.82, 2.24) is 9.97 Å². The lowest BCUT2D eigenvalue weighted by molar-refractivity contribution is -0.113. The number of hydrogen-bond donors (Lipinski definition) is 2. The van der Waals surface area contributed by atoms with Crippen molar-refractivity contribution in [1.29, 1.82) is 5.26 Å². The number of benzene rings is 2. The molecule has 24 heavy (non-hydrogen) atoms. The summed E-state index contributed by atoms with van der Waals surface area (Å²) < 4.78 is 0. The molecule has 0 aliphatic carbocycles. The van der Waals surface area contributed by atoms with E-state index in [1.54, 1.807) is 30.5 Å². The molecule has 0 spiro atoms. The smallest absolute Gasteiger partial charge is 0.234 e. The molecule has 1 aromatic heterocycles. The Bertz CT molecular complexity index is 883. The summed E-state index contributed by atoms with van der Waals surface area (Å²) in [4.78, 5) is 19.5. The predicted octanol–water partition coefficient (Wildman–Crippen LogP) is 3.68. The molecule has 0 saturated heterocycles. The van der Waals surface area contributed by atoms with Gasteiger partial charge in [-0.05, 0) is 23.8 Å². The molecule has 3 rings (SSSR count). The zero-order chi connectivity index (χ0) is 16.8. The highest BCUT2D eigenvalue weighted by molar-refractivity contribution is 7.99. The van der Waals surface area contributed by atoms with E-state index < -0.39 is 0 Å². The van der Waals surface area contributed by atoms with Crippen LogP contribution in [-0.4, -0.2) is 21.6 Å². The largest absolute Gasteiger partial charge is 0.333 e. The number of carbonyl (C=O) groups is 1. The Kier molecular flexibility index (Phi) is 4.94. The minimum absolute atomic E-state index is 0.146. The number of hydrogen-bond acceptors (Lipinski definition) is 4. The standard InChI is InChI=1S/C18H14N4OS/c19-10-13-5-4-8-15(9-13)21-17(23)12-24-18-20-11-16(22-18)14-6-2-1-3-7-14/h1-9,11H,12H2,(H,20,22)(H,21,23). The van der Waals surface area contributed by atoms with Crippen LogP contribution in [0.25, 0.3) is 11.3 Å². The summed E-state index contributed by atoms with van der Waals surface area (Å²) in [7, 11) is 0. The van der Waals surface area contributed by atoms with Crippen LogP contribution < -0.4 is 5.32 Å². The molecule has 3 aromatic rings. The first-order valence-electron chi connectivity index (χ1n) is 7.28. The van der Waals surface area contributed by atoms with Gasteiger partial charge in [-0.2, -0.15) is 5.26 Å². The number of nitriles is 1. The Balaban J connectivity index is 1.57. The number of amides is 1. The lowest BCUT2D eigenvalue weighted by Crippen LogP contribution is -2.14. The Morgan fingerprint density at radius 1 is 1.21 bits per heavy atom. The predicted molar refractivity (Wildman–Crippen MR) is 94.5 cm³/mol. The third-order valence-corrected chi connectivity index (χ3v) is 4.14. The normalized spacial score (nSPS) is 10.1. The number of aromatic nitrogens is 2. The molecule has 0 radical (unpaired) electrons. The highest BCUT2D eigenvalue weighted by Crippen LogP contribution is 2.21. The number of rotatable bonds is 5. The molecule has 1 heterocycles. The van der Waals surface area contributed by atoms with E-state index in [2.05, 4.69) is 15.3 Å². The molecule has 0 atom stereocenters. The SMILES string of the molecule is N#Cc1cccc(NC(=O)CSc2ncc(-c3ccccc3)[nH]2)c1. The van der Waals surface area contributed by atoms with Gasteiger partial charge < -0.3 is 10.3 Å². The molecular weight excluding hydrogens is 320 g/mol. The summed E-state index contributed by atoms with van der Waals surface area (Å²) in [6, 6.07) is 18.8. The fraction of sp³-hybridized carbons (Fsp3) is 0.0556. The van der Waals surface area contributed by atoms with Crippen LogP contribution >= 0.6 is 11.8 Å². The van der Waals surface area contributed by atoms with Crippen LogP contribution in [0.15, 0.2) is 66.0 Å². The quantitative estimate of drug-likeness (QED) is 0.697. The molecular formula is C18H14N4OS. The molecule has 6 heteroatoms. The number of thioether (sulfide) groups is 1.